The van der Waals surface area contributed by atoms with Crippen molar-refractivity contribution in [2.24, 2.45) is 0 Å². The predicted molar refractivity (Wildman–Crippen MR) is 78.0 cm³/mol. The lowest BCUT2D eigenvalue weighted by Gasteiger charge is -2.26. The summed E-state index contributed by atoms with van der Waals surface area (Å²) in [5.74, 6) is -0.390. The van der Waals surface area contributed by atoms with Gasteiger partial charge in [-0.2, -0.15) is 0 Å². The maximum atomic E-state index is 13.0. The Morgan fingerprint density at radius 3 is 2.30 bits per heavy atom. The Labute approximate surface area is 119 Å². The number of pyridine rings is 1. The molecule has 0 spiro atoms. The van der Waals surface area contributed by atoms with Crippen LogP contribution >= 0.6 is 0 Å². The van der Waals surface area contributed by atoms with Gasteiger partial charge in [-0.05, 0) is 38.0 Å². The monoisotopic (exact) mass is 273 g/mol. The Hall–Kier alpha value is -1.74. The van der Waals surface area contributed by atoms with Crippen molar-refractivity contribution in [1.82, 2.24) is 4.98 Å². The van der Waals surface area contributed by atoms with Crippen molar-refractivity contribution < 1.29 is 9.50 Å². The SMILES string of the molecule is CCC(O)(Cc1cc(C)cc(C)c1)c1ccc(F)cn1. The molecule has 0 saturated carbocycles. The Morgan fingerprint density at radius 1 is 1.15 bits per heavy atom. The third-order valence-corrected chi connectivity index (χ3v) is 3.57. The van der Waals surface area contributed by atoms with Crippen LogP contribution in [0, 0.1) is 19.7 Å². The van der Waals surface area contributed by atoms with Gasteiger partial charge in [-0.1, -0.05) is 36.2 Å². The van der Waals surface area contributed by atoms with Crippen LogP contribution in [0.3, 0.4) is 0 Å². The van der Waals surface area contributed by atoms with E-state index in [1.165, 1.54) is 17.2 Å². The first kappa shape index (κ1) is 14.7. The molecule has 2 nitrogen and oxygen atoms in total. The number of benzene rings is 1. The van der Waals surface area contributed by atoms with Crippen LogP contribution in [-0.4, -0.2) is 10.1 Å². The number of aliphatic hydroxyl groups is 1. The molecule has 0 saturated heterocycles. The molecule has 2 aromatic rings. The van der Waals surface area contributed by atoms with Gasteiger partial charge in [-0.15, -0.1) is 0 Å². The highest BCUT2D eigenvalue weighted by Gasteiger charge is 2.29. The van der Waals surface area contributed by atoms with Crippen molar-refractivity contribution in [1.29, 1.82) is 0 Å². The zero-order valence-electron chi connectivity index (χ0n) is 12.2. The molecule has 0 fully saturated rings. The van der Waals surface area contributed by atoms with E-state index in [1.54, 1.807) is 6.07 Å². The molecule has 2 rings (SSSR count). The van der Waals surface area contributed by atoms with Crippen LogP contribution in [0.5, 0.6) is 0 Å². The number of hydrogen-bond acceptors (Lipinski definition) is 2. The molecule has 20 heavy (non-hydrogen) atoms. The molecule has 0 aliphatic carbocycles. The minimum Gasteiger partial charge on any atom is -0.383 e. The van der Waals surface area contributed by atoms with Crippen LogP contribution in [0.1, 0.15) is 35.7 Å². The van der Waals surface area contributed by atoms with Gasteiger partial charge in [-0.3, -0.25) is 4.98 Å². The Kier molecular flexibility index (Phi) is 4.19. The van der Waals surface area contributed by atoms with Crippen molar-refractivity contribution in [3.8, 4) is 0 Å². The molecule has 0 amide bonds. The van der Waals surface area contributed by atoms with Crippen LogP contribution < -0.4 is 0 Å². The van der Waals surface area contributed by atoms with Crippen molar-refractivity contribution in [2.75, 3.05) is 0 Å². The molecule has 106 valence electrons. The lowest BCUT2D eigenvalue weighted by molar-refractivity contribution is 0.0282. The Morgan fingerprint density at radius 2 is 1.80 bits per heavy atom. The molecule has 1 unspecified atom stereocenters. The fourth-order valence-corrected chi connectivity index (χ4v) is 2.56. The molecule has 1 atom stereocenters. The van der Waals surface area contributed by atoms with Crippen molar-refractivity contribution in [3.63, 3.8) is 0 Å². The second kappa shape index (κ2) is 5.71. The molecule has 1 heterocycles. The fourth-order valence-electron chi connectivity index (χ4n) is 2.56. The lowest BCUT2D eigenvalue weighted by Crippen LogP contribution is -2.29. The molecule has 1 aromatic carbocycles. The number of hydrogen-bond donors (Lipinski definition) is 1. The molecule has 0 bridgehead atoms. The van der Waals surface area contributed by atoms with E-state index in [9.17, 15) is 9.50 Å². The highest BCUT2D eigenvalue weighted by Crippen LogP contribution is 2.28. The first-order valence-electron chi connectivity index (χ1n) is 6.84. The third kappa shape index (κ3) is 3.23. The van der Waals surface area contributed by atoms with Gasteiger partial charge in [0.1, 0.15) is 11.4 Å². The first-order valence-corrected chi connectivity index (χ1v) is 6.84. The topological polar surface area (TPSA) is 33.1 Å². The van der Waals surface area contributed by atoms with Crippen LogP contribution in [0.2, 0.25) is 0 Å². The number of nitrogens with zero attached hydrogens (tertiary/aromatic N) is 1. The molecule has 0 aliphatic heterocycles. The summed E-state index contributed by atoms with van der Waals surface area (Å²) in [6, 6.07) is 9.13. The van der Waals surface area contributed by atoms with Gasteiger partial charge in [0, 0.05) is 6.42 Å². The van der Waals surface area contributed by atoms with E-state index in [0.717, 1.165) is 11.8 Å². The normalized spacial score (nSPS) is 14.1. The van der Waals surface area contributed by atoms with Gasteiger partial charge in [0.25, 0.3) is 0 Å². The molecule has 0 aliphatic rings. The summed E-state index contributed by atoms with van der Waals surface area (Å²) in [6.45, 7) is 5.99. The van der Waals surface area contributed by atoms with Crippen molar-refractivity contribution >= 4 is 0 Å². The number of aryl methyl sites for hydroxylation is 2. The highest BCUT2D eigenvalue weighted by atomic mass is 19.1. The smallest absolute Gasteiger partial charge is 0.141 e. The van der Waals surface area contributed by atoms with Gasteiger partial charge < -0.3 is 5.11 Å². The number of aromatic nitrogens is 1. The minimum absolute atomic E-state index is 0.390. The first-order chi connectivity index (χ1) is 9.43. The van der Waals surface area contributed by atoms with Gasteiger partial charge in [0.15, 0.2) is 0 Å². The van der Waals surface area contributed by atoms with Gasteiger partial charge in [0.2, 0.25) is 0 Å². The second-order valence-corrected chi connectivity index (χ2v) is 5.42. The Bertz CT molecular complexity index is 574. The van der Waals surface area contributed by atoms with E-state index in [-0.39, 0.29) is 0 Å². The van der Waals surface area contributed by atoms with Gasteiger partial charge >= 0.3 is 0 Å². The van der Waals surface area contributed by atoms with E-state index < -0.39 is 11.4 Å². The molecule has 1 N–H and O–H groups in total. The second-order valence-electron chi connectivity index (χ2n) is 5.42. The fraction of sp³-hybridized carbons (Fsp3) is 0.353. The third-order valence-electron chi connectivity index (χ3n) is 3.57. The van der Waals surface area contributed by atoms with Crippen molar-refractivity contribution in [2.45, 2.75) is 39.2 Å². The summed E-state index contributed by atoms with van der Waals surface area (Å²) in [5.41, 5.74) is 2.86. The van der Waals surface area contributed by atoms with Gasteiger partial charge in [0.05, 0.1) is 11.9 Å². The predicted octanol–water partition coefficient (Wildman–Crippen LogP) is 3.68. The number of halogens is 1. The van der Waals surface area contributed by atoms with Crippen LogP contribution in [0.4, 0.5) is 4.39 Å². The summed E-state index contributed by atoms with van der Waals surface area (Å²) in [6.07, 6.45) is 2.15. The summed E-state index contributed by atoms with van der Waals surface area (Å²) < 4.78 is 13.0. The van der Waals surface area contributed by atoms with Gasteiger partial charge in [-0.25, -0.2) is 4.39 Å². The average Bonchev–Trinajstić information content (AvgIpc) is 2.38. The quantitative estimate of drug-likeness (QED) is 0.922. The van der Waals surface area contributed by atoms with E-state index in [2.05, 4.69) is 23.2 Å². The standard InChI is InChI=1S/C17H20FNO/c1-4-17(20,16-6-5-15(18)11-19-16)10-14-8-12(2)7-13(3)9-14/h5-9,11,20H,4,10H2,1-3H3. The van der Waals surface area contributed by atoms with Crippen molar-refractivity contribution in [3.05, 3.63) is 64.7 Å². The summed E-state index contributed by atoms with van der Waals surface area (Å²) in [4.78, 5) is 4.04. The lowest BCUT2D eigenvalue weighted by atomic mass is 9.87. The maximum absolute atomic E-state index is 13.0. The Balaban J connectivity index is 2.33. The largest absolute Gasteiger partial charge is 0.383 e. The highest BCUT2D eigenvalue weighted by molar-refractivity contribution is 5.30. The van der Waals surface area contributed by atoms with Crippen LogP contribution in [-0.2, 0) is 12.0 Å². The molecular weight excluding hydrogens is 253 g/mol. The molecule has 1 aromatic heterocycles. The zero-order valence-corrected chi connectivity index (χ0v) is 12.2. The summed E-state index contributed by atoms with van der Waals surface area (Å²) in [7, 11) is 0. The molecule has 3 heteroatoms. The van der Waals surface area contributed by atoms with Crippen LogP contribution in [0.15, 0.2) is 36.5 Å². The van der Waals surface area contributed by atoms with Crippen LogP contribution in [0.25, 0.3) is 0 Å². The minimum atomic E-state index is -1.06. The van der Waals surface area contributed by atoms with E-state index >= 15 is 0 Å². The summed E-state index contributed by atoms with van der Waals surface area (Å²) in [5, 5.41) is 10.8. The number of rotatable bonds is 4. The summed E-state index contributed by atoms with van der Waals surface area (Å²) >= 11 is 0. The zero-order chi connectivity index (χ0) is 14.8. The maximum Gasteiger partial charge on any atom is 0.141 e. The van der Waals surface area contributed by atoms with E-state index in [4.69, 9.17) is 0 Å². The molecular formula is C17H20FNO. The average molecular weight is 273 g/mol. The van der Waals surface area contributed by atoms with E-state index in [1.807, 2.05) is 20.8 Å². The van der Waals surface area contributed by atoms with E-state index in [0.29, 0.717) is 18.5 Å². The molecule has 0 radical (unpaired) electrons.